The summed E-state index contributed by atoms with van der Waals surface area (Å²) in [6, 6.07) is 57.5. The number of furan rings is 2. The fourth-order valence-corrected chi connectivity index (χ4v) is 12.7. The first-order valence-corrected chi connectivity index (χ1v) is 28.1. The van der Waals surface area contributed by atoms with E-state index in [1.807, 2.05) is 127 Å². The number of hydrogen-bond donors (Lipinski definition) is 0. The predicted molar refractivity (Wildman–Crippen MR) is 363 cm³/mol. The van der Waals surface area contributed by atoms with Crippen LogP contribution in [0.5, 0.6) is 0 Å². The lowest BCUT2D eigenvalue weighted by Gasteiger charge is -2.18. The Hall–Kier alpha value is -10.3. The zero-order chi connectivity index (χ0) is 69.8. The Kier molecular flexibility index (Phi) is 8.58. The van der Waals surface area contributed by atoms with Crippen molar-refractivity contribution in [3.63, 3.8) is 0 Å². The van der Waals surface area contributed by atoms with Gasteiger partial charge < -0.3 is 8.83 Å². The third-order valence-electron chi connectivity index (χ3n) is 15.9. The van der Waals surface area contributed by atoms with Crippen LogP contribution in [-0.4, -0.2) is 0 Å². The molecule has 0 aliphatic heterocycles. The molecule has 18 rings (SSSR count). The highest BCUT2D eigenvalue weighted by atomic mass is 79.9. The number of halogens is 1. The van der Waals surface area contributed by atoms with Gasteiger partial charge in [-0.15, -0.1) is 0 Å². The maximum atomic E-state index is 9.26. The maximum Gasteiger partial charge on any atom is 0.136 e. The molecule has 0 fully saturated rings. The fraction of sp³-hybridized carbons (Fsp3) is 0.0123. The van der Waals surface area contributed by atoms with Gasteiger partial charge in [0.25, 0.3) is 0 Å². The molecule has 0 bridgehead atoms. The van der Waals surface area contributed by atoms with Gasteiger partial charge in [0.1, 0.15) is 22.3 Å². The smallest absolute Gasteiger partial charge is 0.136 e. The van der Waals surface area contributed by atoms with Gasteiger partial charge in [-0.3, -0.25) is 0 Å². The zero-order valence-corrected chi connectivity index (χ0v) is 46.3. The number of rotatable bonds is 3. The third kappa shape index (κ3) is 8.30. The average molecular weight is 1150 g/mol. The minimum absolute atomic E-state index is 0.174. The van der Waals surface area contributed by atoms with Crippen LogP contribution in [0.15, 0.2) is 304 Å². The van der Waals surface area contributed by atoms with E-state index in [-0.39, 0.29) is 95.9 Å². The van der Waals surface area contributed by atoms with Crippen LogP contribution < -0.4 is 0 Å². The van der Waals surface area contributed by atoms with Crippen molar-refractivity contribution in [3.8, 4) is 33.4 Å². The predicted octanol–water partition coefficient (Wildman–Crippen LogP) is 24.2. The molecular formula is C81H51BrO2. The van der Waals surface area contributed by atoms with Crippen LogP contribution in [0.25, 0.3) is 163 Å². The maximum absolute atomic E-state index is 9.26. The van der Waals surface area contributed by atoms with Gasteiger partial charge in [0.2, 0.25) is 0 Å². The summed E-state index contributed by atoms with van der Waals surface area (Å²) in [4.78, 5) is 0. The van der Waals surface area contributed by atoms with E-state index < -0.39 is 48.3 Å². The molecule has 2 heterocycles. The van der Waals surface area contributed by atoms with Crippen LogP contribution in [0.1, 0.15) is 27.5 Å². The highest BCUT2D eigenvalue weighted by Gasteiger charge is 2.20. The van der Waals surface area contributed by atoms with Crippen molar-refractivity contribution in [3.05, 3.63) is 301 Å². The van der Waals surface area contributed by atoms with Crippen molar-refractivity contribution < 1.29 is 30.8 Å². The van der Waals surface area contributed by atoms with Crippen LogP contribution in [0, 0.1) is 6.92 Å². The second kappa shape index (κ2) is 20.3. The van der Waals surface area contributed by atoms with Gasteiger partial charge in [-0.2, -0.15) is 0 Å². The first-order valence-electron chi connectivity index (χ1n) is 35.3. The first kappa shape index (κ1) is 35.5. The molecular weight excluding hydrogens is 1080 g/mol. The van der Waals surface area contributed by atoms with E-state index in [1.54, 1.807) is 6.07 Å². The Morgan fingerprint density at radius 2 is 0.619 bits per heavy atom. The van der Waals surface area contributed by atoms with E-state index in [4.69, 9.17) is 25.3 Å². The average Bonchev–Trinajstić information content (AvgIpc) is 0.846. The van der Waals surface area contributed by atoms with Crippen LogP contribution in [0.3, 0.4) is 0 Å². The van der Waals surface area contributed by atoms with Gasteiger partial charge in [0, 0.05) is 26.0 Å². The van der Waals surface area contributed by atoms with Crippen molar-refractivity contribution >= 4 is 146 Å². The standard InChI is InChI=1S/C40H24O.C24H15Br.C17H12O/c1-2-12-27-23-38-36(22-26(27)11-1)30-21-20-28(24-37(30)41-38)39-32-15-5-7-17-34(32)40(35-18-8-6-16-33(35)39)31-19-9-13-25-10-3-4-14-29(25)31;25-24-21-13-5-3-11-19(21)23(20-12-4-6-14-22(20)24)18-15-7-9-16-8-1-2-10-17(16)18;1-11-6-7-14-15-9-12-4-2-3-5-13(12)10-17(15)18-16(14)8-11/h1-24H;1-15H;2-10H,1H3/i5D,6D,7D,8D,15D,16D,17D,18D;3D,4D,5D,6D,11D,12D,13D,14D;. The number of fused-ring (bicyclic) bond motifs is 14. The molecule has 0 saturated heterocycles. The van der Waals surface area contributed by atoms with Crippen LogP contribution in [-0.2, 0) is 0 Å². The minimum Gasteiger partial charge on any atom is -0.456 e. The van der Waals surface area contributed by atoms with Gasteiger partial charge in [-0.25, -0.2) is 0 Å². The van der Waals surface area contributed by atoms with Gasteiger partial charge in [-0.1, -0.05) is 248 Å². The lowest BCUT2D eigenvalue weighted by molar-refractivity contribution is 0.669. The van der Waals surface area contributed by atoms with E-state index in [1.165, 1.54) is 27.1 Å². The molecule has 0 amide bonds. The van der Waals surface area contributed by atoms with Gasteiger partial charge in [0.15, 0.2) is 0 Å². The van der Waals surface area contributed by atoms with Gasteiger partial charge >= 0.3 is 0 Å². The molecule has 0 N–H and O–H groups in total. The van der Waals surface area contributed by atoms with E-state index >= 15 is 0 Å². The molecule has 2 aromatic heterocycles. The molecule has 2 nitrogen and oxygen atoms in total. The summed E-state index contributed by atoms with van der Waals surface area (Å²) in [7, 11) is 0. The zero-order valence-electron chi connectivity index (χ0n) is 60.7. The van der Waals surface area contributed by atoms with Crippen molar-refractivity contribution in [2.75, 3.05) is 0 Å². The summed E-state index contributed by atoms with van der Waals surface area (Å²) < 4.78 is 152. The summed E-state index contributed by atoms with van der Waals surface area (Å²) in [5, 5.41) is 13.6. The lowest BCUT2D eigenvalue weighted by atomic mass is 9.84. The molecule has 16 aromatic carbocycles. The molecule has 0 unspecified atom stereocenters. The Labute approximate surface area is 515 Å². The van der Waals surface area contributed by atoms with Crippen molar-refractivity contribution in [1.29, 1.82) is 0 Å². The molecule has 0 spiro atoms. The molecule has 394 valence electrons. The highest BCUT2D eigenvalue weighted by Crippen LogP contribution is 2.47. The number of hydrogen-bond acceptors (Lipinski definition) is 2. The Morgan fingerprint density at radius 3 is 1.08 bits per heavy atom. The first-order chi connectivity index (χ1) is 48.1. The van der Waals surface area contributed by atoms with Crippen LogP contribution in [0.2, 0.25) is 0 Å². The molecule has 18 aromatic rings. The lowest BCUT2D eigenvalue weighted by Crippen LogP contribution is -1.91. The summed E-state index contributed by atoms with van der Waals surface area (Å²) in [6.45, 7) is 2.09. The fourth-order valence-electron chi connectivity index (χ4n) is 12.1. The monoisotopic (exact) mass is 1150 g/mol. The third-order valence-corrected chi connectivity index (χ3v) is 16.7. The summed E-state index contributed by atoms with van der Waals surface area (Å²) in [5.74, 6) is 0. The number of aryl methyl sites for hydroxylation is 1. The van der Waals surface area contributed by atoms with Crippen molar-refractivity contribution in [1.82, 2.24) is 0 Å². The quantitative estimate of drug-likeness (QED) is 0.165. The van der Waals surface area contributed by atoms with E-state index in [0.29, 0.717) is 44.5 Å². The highest BCUT2D eigenvalue weighted by molar-refractivity contribution is 9.10. The van der Waals surface area contributed by atoms with Crippen LogP contribution in [0.4, 0.5) is 0 Å². The molecule has 0 atom stereocenters. The van der Waals surface area contributed by atoms with E-state index in [2.05, 4.69) is 83.5 Å². The Balaban J connectivity index is 0.000000130. The molecule has 84 heavy (non-hydrogen) atoms. The molecule has 0 aliphatic carbocycles. The number of benzene rings is 16. The SMILES string of the molecule is Cc1ccc2c(c1)oc1cc3ccccc3cc12.[2H]c1c([2H])c([2H])c2c(-c3cccc4ccccc34)c3c([2H])c([2H])c([2H])c([2H])c3c(-c3ccc4c(c3)oc3cc5ccccc5cc34)c2c1[2H].[2H]c1c([2H])c([2H])c2c(-c3cccc4ccccc34)c3c([2H])c([2H])c([2H])c([2H])c3c(Br)c2c1[2H]. The van der Waals surface area contributed by atoms with Gasteiger partial charge in [0.05, 0.1) is 21.9 Å². The van der Waals surface area contributed by atoms with Crippen molar-refractivity contribution in [2.45, 2.75) is 6.92 Å². The van der Waals surface area contributed by atoms with Crippen LogP contribution >= 0.6 is 15.9 Å². The summed E-state index contributed by atoms with van der Waals surface area (Å²) >= 11 is 3.43. The summed E-state index contributed by atoms with van der Waals surface area (Å²) in [6.07, 6.45) is 0. The van der Waals surface area contributed by atoms with E-state index in [0.717, 1.165) is 54.3 Å². The Bertz CT molecular complexity index is 6490. The molecule has 0 saturated carbocycles. The topological polar surface area (TPSA) is 26.3 Å². The second-order valence-corrected chi connectivity index (χ2v) is 21.6. The van der Waals surface area contributed by atoms with E-state index in [9.17, 15) is 5.48 Å². The largest absolute Gasteiger partial charge is 0.456 e. The Morgan fingerprint density at radius 1 is 0.274 bits per heavy atom. The van der Waals surface area contributed by atoms with Crippen molar-refractivity contribution in [2.24, 2.45) is 0 Å². The minimum atomic E-state index is -0.431. The summed E-state index contributed by atoms with van der Waals surface area (Å²) in [5.41, 5.74) is 7.13. The molecule has 0 aliphatic rings. The molecule has 0 radical (unpaired) electrons. The molecule has 3 heteroatoms. The van der Waals surface area contributed by atoms with Gasteiger partial charge in [-0.05, 0) is 190 Å². The normalized spacial score (nSPS) is 14.4. The second-order valence-electron chi connectivity index (χ2n) is 20.8.